The van der Waals surface area contributed by atoms with Gasteiger partial charge in [-0.15, -0.1) is 0 Å². The summed E-state index contributed by atoms with van der Waals surface area (Å²) in [6.07, 6.45) is 0. The van der Waals surface area contributed by atoms with Crippen LogP contribution in [0.15, 0.2) is 77.7 Å². The normalized spacial score (nSPS) is 11.2. The van der Waals surface area contributed by atoms with Gasteiger partial charge in [0.25, 0.3) is 10.0 Å². The Morgan fingerprint density at radius 1 is 0.893 bits per heavy atom. The average molecular weight is 435 g/mol. The zero-order valence-electron chi connectivity index (χ0n) is 14.5. The van der Waals surface area contributed by atoms with Crippen LogP contribution in [0.5, 0.6) is 0 Å². The van der Waals surface area contributed by atoms with Crippen molar-refractivity contribution in [2.45, 2.75) is 11.4 Å². The van der Waals surface area contributed by atoms with E-state index in [1.54, 1.807) is 36.4 Å². The van der Waals surface area contributed by atoms with Crippen molar-refractivity contribution in [3.8, 4) is 0 Å². The Balaban J connectivity index is 2.18. The lowest BCUT2D eigenvalue weighted by Gasteiger charge is -2.26. The third-order valence-corrected chi connectivity index (χ3v) is 6.63. The van der Waals surface area contributed by atoms with Gasteiger partial charge in [0.2, 0.25) is 5.91 Å². The molecule has 0 heterocycles. The van der Waals surface area contributed by atoms with Gasteiger partial charge in [-0.1, -0.05) is 65.7 Å². The van der Waals surface area contributed by atoms with Gasteiger partial charge < -0.3 is 5.73 Å². The van der Waals surface area contributed by atoms with E-state index in [4.69, 9.17) is 28.9 Å². The summed E-state index contributed by atoms with van der Waals surface area (Å²) in [4.78, 5) is 11.3. The fraction of sp³-hybridized carbons (Fsp3) is 0.0500. The number of benzene rings is 3. The van der Waals surface area contributed by atoms with Gasteiger partial charge in [0.15, 0.2) is 0 Å². The molecule has 3 aromatic rings. The molecular weight excluding hydrogens is 419 g/mol. The number of hydrogen-bond acceptors (Lipinski definition) is 3. The first-order chi connectivity index (χ1) is 13.3. The number of rotatable bonds is 6. The van der Waals surface area contributed by atoms with Crippen LogP contribution in [0.3, 0.4) is 0 Å². The van der Waals surface area contributed by atoms with Crippen molar-refractivity contribution in [3.05, 3.63) is 94.0 Å². The van der Waals surface area contributed by atoms with Crippen LogP contribution in [0, 0.1) is 0 Å². The first-order valence-electron chi connectivity index (χ1n) is 8.21. The molecule has 8 heteroatoms. The largest absolute Gasteiger partial charge is 0.366 e. The molecular formula is C20H16Cl2N2O3S. The Morgan fingerprint density at radius 3 is 2.18 bits per heavy atom. The summed E-state index contributed by atoms with van der Waals surface area (Å²) >= 11 is 12.5. The molecule has 0 radical (unpaired) electrons. The third-order valence-electron chi connectivity index (χ3n) is 4.07. The average Bonchev–Trinajstić information content (AvgIpc) is 2.67. The molecule has 3 aromatic carbocycles. The molecule has 0 aliphatic rings. The Bertz CT molecular complexity index is 1120. The van der Waals surface area contributed by atoms with Crippen molar-refractivity contribution in [2.24, 2.45) is 5.73 Å². The van der Waals surface area contributed by atoms with E-state index in [9.17, 15) is 13.2 Å². The number of halogens is 2. The lowest BCUT2D eigenvalue weighted by atomic mass is 10.2. The number of nitrogens with zero attached hydrogens (tertiary/aromatic N) is 1. The summed E-state index contributed by atoms with van der Waals surface area (Å²) in [5.74, 6) is -0.750. The van der Waals surface area contributed by atoms with Gasteiger partial charge in [-0.3, -0.25) is 9.10 Å². The molecule has 0 fully saturated rings. The lowest BCUT2D eigenvalue weighted by molar-refractivity contribution is 0.1000. The summed E-state index contributed by atoms with van der Waals surface area (Å²) in [5, 5.41) is 0.249. The van der Waals surface area contributed by atoms with Crippen molar-refractivity contribution in [3.63, 3.8) is 0 Å². The molecule has 2 N–H and O–H groups in total. The molecule has 0 spiro atoms. The number of primary amides is 1. The topological polar surface area (TPSA) is 80.5 Å². The van der Waals surface area contributed by atoms with E-state index < -0.39 is 15.9 Å². The van der Waals surface area contributed by atoms with Crippen LogP contribution in [0.25, 0.3) is 0 Å². The number of amides is 1. The third kappa shape index (κ3) is 4.14. The van der Waals surface area contributed by atoms with E-state index in [0.29, 0.717) is 5.69 Å². The minimum Gasteiger partial charge on any atom is -0.366 e. The second-order valence-electron chi connectivity index (χ2n) is 5.96. The molecule has 0 bridgehead atoms. The SMILES string of the molecule is NC(=O)c1ccc(Cl)c(S(=O)(=O)N(Cc2ccccc2)c2ccccc2Cl)c1. The van der Waals surface area contributed by atoms with Gasteiger partial charge in [-0.2, -0.15) is 0 Å². The quantitative estimate of drug-likeness (QED) is 0.620. The highest BCUT2D eigenvalue weighted by Crippen LogP contribution is 2.34. The molecule has 0 saturated carbocycles. The molecule has 0 saturated heterocycles. The molecule has 0 aromatic heterocycles. The second-order valence-corrected chi connectivity index (χ2v) is 8.60. The van der Waals surface area contributed by atoms with Crippen LogP contribution >= 0.6 is 23.2 Å². The monoisotopic (exact) mass is 434 g/mol. The molecule has 3 rings (SSSR count). The highest BCUT2D eigenvalue weighted by atomic mass is 35.5. The maximum Gasteiger partial charge on any atom is 0.266 e. The van der Waals surface area contributed by atoms with Crippen LogP contribution in [0.1, 0.15) is 15.9 Å². The van der Waals surface area contributed by atoms with Crippen molar-refractivity contribution < 1.29 is 13.2 Å². The summed E-state index contributed by atoms with van der Waals surface area (Å²) in [5.41, 5.74) is 6.40. The number of anilines is 1. The van der Waals surface area contributed by atoms with E-state index in [1.165, 1.54) is 18.2 Å². The summed E-state index contributed by atoms with van der Waals surface area (Å²) in [7, 11) is -4.15. The molecule has 1 amide bonds. The van der Waals surface area contributed by atoms with Gasteiger partial charge >= 0.3 is 0 Å². The van der Waals surface area contributed by atoms with Gasteiger partial charge in [-0.05, 0) is 35.9 Å². The maximum atomic E-state index is 13.5. The number of carbonyl (C=O) groups excluding carboxylic acids is 1. The summed E-state index contributed by atoms with van der Waals surface area (Å²) in [6, 6.07) is 19.6. The van der Waals surface area contributed by atoms with Gasteiger partial charge in [0.05, 0.1) is 22.3 Å². The fourth-order valence-electron chi connectivity index (χ4n) is 2.68. The smallest absolute Gasteiger partial charge is 0.266 e. The zero-order chi connectivity index (χ0) is 20.3. The van der Waals surface area contributed by atoms with Gasteiger partial charge in [0.1, 0.15) is 4.90 Å². The minimum absolute atomic E-state index is 0.0184. The van der Waals surface area contributed by atoms with Crippen LogP contribution in [-0.2, 0) is 16.6 Å². The number of carbonyl (C=O) groups is 1. The van der Waals surface area contributed by atoms with Crippen LogP contribution in [0.4, 0.5) is 5.69 Å². The van der Waals surface area contributed by atoms with Crippen molar-refractivity contribution in [1.29, 1.82) is 0 Å². The van der Waals surface area contributed by atoms with Crippen LogP contribution < -0.4 is 10.0 Å². The van der Waals surface area contributed by atoms with Crippen molar-refractivity contribution in [1.82, 2.24) is 0 Å². The number of nitrogens with two attached hydrogens (primary N) is 1. The molecule has 0 atom stereocenters. The van der Waals surface area contributed by atoms with Gasteiger partial charge in [0, 0.05) is 5.56 Å². The number of para-hydroxylation sites is 1. The Hall–Kier alpha value is -2.54. The summed E-state index contributed by atoms with van der Waals surface area (Å²) in [6.45, 7) is 0.0318. The Morgan fingerprint density at radius 2 is 1.54 bits per heavy atom. The van der Waals surface area contributed by atoms with Crippen molar-refractivity contribution >= 4 is 44.8 Å². The molecule has 0 unspecified atom stereocenters. The minimum atomic E-state index is -4.15. The van der Waals surface area contributed by atoms with E-state index in [0.717, 1.165) is 9.87 Å². The van der Waals surface area contributed by atoms with Crippen LogP contribution in [-0.4, -0.2) is 14.3 Å². The predicted molar refractivity (Wildman–Crippen MR) is 111 cm³/mol. The highest BCUT2D eigenvalue weighted by Gasteiger charge is 2.29. The maximum absolute atomic E-state index is 13.5. The van der Waals surface area contributed by atoms with E-state index in [1.807, 2.05) is 18.2 Å². The number of hydrogen-bond donors (Lipinski definition) is 1. The zero-order valence-corrected chi connectivity index (χ0v) is 16.9. The van der Waals surface area contributed by atoms with E-state index >= 15 is 0 Å². The molecule has 5 nitrogen and oxygen atoms in total. The lowest BCUT2D eigenvalue weighted by Crippen LogP contribution is -2.31. The first kappa shape index (κ1) is 20.2. The second kappa shape index (κ2) is 8.22. The van der Waals surface area contributed by atoms with E-state index in [2.05, 4.69) is 0 Å². The van der Waals surface area contributed by atoms with Crippen LogP contribution in [0.2, 0.25) is 10.0 Å². The van der Waals surface area contributed by atoms with Crippen molar-refractivity contribution in [2.75, 3.05) is 4.31 Å². The molecule has 28 heavy (non-hydrogen) atoms. The summed E-state index contributed by atoms with van der Waals surface area (Å²) < 4.78 is 28.2. The predicted octanol–water partition coefficient (Wildman–Crippen LogP) is 4.49. The Labute approximate surface area is 173 Å². The Kier molecular flexibility index (Phi) is 5.93. The molecule has 0 aliphatic heterocycles. The van der Waals surface area contributed by atoms with Gasteiger partial charge in [-0.25, -0.2) is 8.42 Å². The fourth-order valence-corrected chi connectivity index (χ4v) is 4.94. The molecule has 0 aliphatic carbocycles. The first-order valence-corrected chi connectivity index (χ1v) is 10.4. The number of sulfonamides is 1. The van der Waals surface area contributed by atoms with E-state index in [-0.39, 0.29) is 27.0 Å². The highest BCUT2D eigenvalue weighted by molar-refractivity contribution is 7.93. The molecule has 144 valence electrons. The standard InChI is InChI=1S/C20H16Cl2N2O3S/c21-16-8-4-5-9-18(16)24(13-14-6-2-1-3-7-14)28(26,27)19-12-15(20(23)25)10-11-17(19)22/h1-12H,13H2,(H2,23,25).